The molecule has 0 amide bonds. The van der Waals surface area contributed by atoms with Gasteiger partial charge in [-0.1, -0.05) is 36.4 Å². The van der Waals surface area contributed by atoms with Crippen LogP contribution in [0.1, 0.15) is 22.7 Å². The SMILES string of the molecule is Cc1cc(OCc2ccccc2)ccc1[C@@H](N)CO. The molecule has 1 atom stereocenters. The lowest BCUT2D eigenvalue weighted by Gasteiger charge is -2.14. The summed E-state index contributed by atoms with van der Waals surface area (Å²) in [5.74, 6) is 0.815. The summed E-state index contributed by atoms with van der Waals surface area (Å²) in [6.45, 7) is 2.47. The number of aliphatic hydroxyl groups excluding tert-OH is 1. The molecule has 0 saturated carbocycles. The van der Waals surface area contributed by atoms with E-state index in [1.165, 1.54) is 0 Å². The first kappa shape index (κ1) is 13.6. The third-order valence-corrected chi connectivity index (χ3v) is 3.09. The third-order valence-electron chi connectivity index (χ3n) is 3.09. The van der Waals surface area contributed by atoms with Gasteiger partial charge in [0.1, 0.15) is 12.4 Å². The number of hydrogen-bond donors (Lipinski definition) is 2. The van der Waals surface area contributed by atoms with Crippen LogP contribution in [-0.2, 0) is 6.61 Å². The Hall–Kier alpha value is -1.84. The smallest absolute Gasteiger partial charge is 0.120 e. The van der Waals surface area contributed by atoms with Crippen LogP contribution in [0.25, 0.3) is 0 Å². The molecule has 0 aromatic heterocycles. The molecule has 0 heterocycles. The van der Waals surface area contributed by atoms with Crippen LogP contribution < -0.4 is 10.5 Å². The quantitative estimate of drug-likeness (QED) is 0.865. The van der Waals surface area contributed by atoms with Crippen molar-refractivity contribution in [1.29, 1.82) is 0 Å². The van der Waals surface area contributed by atoms with Crippen LogP contribution in [0, 0.1) is 6.92 Å². The maximum atomic E-state index is 9.08. The van der Waals surface area contributed by atoms with E-state index >= 15 is 0 Å². The first-order valence-electron chi connectivity index (χ1n) is 6.34. The van der Waals surface area contributed by atoms with Crippen molar-refractivity contribution >= 4 is 0 Å². The molecular weight excluding hydrogens is 238 g/mol. The van der Waals surface area contributed by atoms with Gasteiger partial charge in [-0.15, -0.1) is 0 Å². The topological polar surface area (TPSA) is 55.5 Å². The first-order chi connectivity index (χ1) is 9.20. The monoisotopic (exact) mass is 257 g/mol. The summed E-state index contributed by atoms with van der Waals surface area (Å²) >= 11 is 0. The largest absolute Gasteiger partial charge is 0.489 e. The van der Waals surface area contributed by atoms with Gasteiger partial charge < -0.3 is 15.6 Å². The minimum absolute atomic E-state index is 0.0505. The lowest BCUT2D eigenvalue weighted by Crippen LogP contribution is -2.15. The van der Waals surface area contributed by atoms with Gasteiger partial charge in [-0.2, -0.15) is 0 Å². The zero-order valence-corrected chi connectivity index (χ0v) is 11.0. The second kappa shape index (κ2) is 6.36. The van der Waals surface area contributed by atoms with E-state index in [4.69, 9.17) is 15.6 Å². The van der Waals surface area contributed by atoms with Gasteiger partial charge in [0.05, 0.1) is 12.6 Å². The van der Waals surface area contributed by atoms with E-state index in [-0.39, 0.29) is 12.6 Å². The van der Waals surface area contributed by atoms with Crippen LogP contribution in [0.3, 0.4) is 0 Å². The lowest BCUT2D eigenvalue weighted by atomic mass is 10.0. The first-order valence-corrected chi connectivity index (χ1v) is 6.34. The number of aryl methyl sites for hydroxylation is 1. The molecule has 3 N–H and O–H groups in total. The number of aliphatic hydroxyl groups is 1. The van der Waals surface area contributed by atoms with Gasteiger partial charge in [0.25, 0.3) is 0 Å². The highest BCUT2D eigenvalue weighted by atomic mass is 16.5. The molecule has 2 rings (SSSR count). The van der Waals surface area contributed by atoms with Crippen LogP contribution >= 0.6 is 0 Å². The van der Waals surface area contributed by atoms with Crippen molar-refractivity contribution in [1.82, 2.24) is 0 Å². The molecule has 2 aromatic carbocycles. The van der Waals surface area contributed by atoms with Gasteiger partial charge in [0.2, 0.25) is 0 Å². The molecule has 0 aliphatic heterocycles. The van der Waals surface area contributed by atoms with Crippen LogP contribution in [-0.4, -0.2) is 11.7 Å². The Balaban J connectivity index is 2.04. The summed E-state index contributed by atoms with van der Waals surface area (Å²) in [4.78, 5) is 0. The van der Waals surface area contributed by atoms with Crippen LogP contribution in [0.4, 0.5) is 0 Å². The second-order valence-electron chi connectivity index (χ2n) is 4.58. The Morgan fingerprint density at radius 1 is 1.16 bits per heavy atom. The molecule has 0 aliphatic rings. The fraction of sp³-hybridized carbons (Fsp3) is 0.250. The van der Waals surface area contributed by atoms with Gasteiger partial charge in [-0.3, -0.25) is 0 Å². The second-order valence-corrected chi connectivity index (χ2v) is 4.58. The lowest BCUT2D eigenvalue weighted by molar-refractivity contribution is 0.267. The minimum Gasteiger partial charge on any atom is -0.489 e. The number of benzene rings is 2. The van der Waals surface area contributed by atoms with Crippen LogP contribution in [0.2, 0.25) is 0 Å². The highest BCUT2D eigenvalue weighted by Gasteiger charge is 2.08. The molecule has 19 heavy (non-hydrogen) atoms. The minimum atomic E-state index is -0.330. The van der Waals surface area contributed by atoms with Crippen molar-refractivity contribution in [2.75, 3.05) is 6.61 Å². The van der Waals surface area contributed by atoms with E-state index in [2.05, 4.69) is 0 Å². The molecule has 0 radical (unpaired) electrons. The maximum Gasteiger partial charge on any atom is 0.120 e. The highest BCUT2D eigenvalue weighted by Crippen LogP contribution is 2.22. The van der Waals surface area contributed by atoms with E-state index in [9.17, 15) is 0 Å². The number of rotatable bonds is 5. The Morgan fingerprint density at radius 3 is 2.53 bits per heavy atom. The predicted molar refractivity (Wildman–Crippen MR) is 76.0 cm³/mol. The fourth-order valence-electron chi connectivity index (χ4n) is 1.99. The fourth-order valence-corrected chi connectivity index (χ4v) is 1.99. The van der Waals surface area contributed by atoms with E-state index in [0.29, 0.717) is 6.61 Å². The van der Waals surface area contributed by atoms with Gasteiger partial charge in [-0.05, 0) is 35.7 Å². The molecule has 3 nitrogen and oxygen atoms in total. The van der Waals surface area contributed by atoms with Crippen molar-refractivity contribution in [2.24, 2.45) is 5.73 Å². The van der Waals surface area contributed by atoms with E-state index in [1.807, 2.05) is 55.5 Å². The molecule has 0 bridgehead atoms. The Kier molecular flexibility index (Phi) is 4.55. The molecule has 0 aliphatic carbocycles. The number of ether oxygens (including phenoxy) is 1. The van der Waals surface area contributed by atoms with Gasteiger partial charge in [-0.25, -0.2) is 0 Å². The molecule has 2 aromatic rings. The van der Waals surface area contributed by atoms with Crippen molar-refractivity contribution in [3.05, 3.63) is 65.2 Å². The van der Waals surface area contributed by atoms with E-state index in [0.717, 1.165) is 22.4 Å². The molecular formula is C16H19NO2. The van der Waals surface area contributed by atoms with Crippen LogP contribution in [0.5, 0.6) is 5.75 Å². The highest BCUT2D eigenvalue weighted by molar-refractivity contribution is 5.36. The van der Waals surface area contributed by atoms with Gasteiger partial charge in [0.15, 0.2) is 0 Å². The molecule has 3 heteroatoms. The Labute approximate surface area is 113 Å². The molecule has 0 fully saturated rings. The summed E-state index contributed by atoms with van der Waals surface area (Å²) in [6.07, 6.45) is 0. The molecule has 100 valence electrons. The average Bonchev–Trinajstić information content (AvgIpc) is 2.45. The summed E-state index contributed by atoms with van der Waals surface area (Å²) in [5.41, 5.74) is 8.94. The van der Waals surface area contributed by atoms with Crippen molar-refractivity contribution in [2.45, 2.75) is 19.6 Å². The summed E-state index contributed by atoms with van der Waals surface area (Å²) in [7, 11) is 0. The van der Waals surface area contributed by atoms with Crippen molar-refractivity contribution < 1.29 is 9.84 Å². The Morgan fingerprint density at radius 2 is 1.89 bits per heavy atom. The maximum absolute atomic E-state index is 9.08. The zero-order chi connectivity index (χ0) is 13.7. The van der Waals surface area contributed by atoms with Crippen LogP contribution in [0.15, 0.2) is 48.5 Å². The predicted octanol–water partition coefficient (Wildman–Crippen LogP) is 2.57. The van der Waals surface area contributed by atoms with Crippen molar-refractivity contribution in [3.8, 4) is 5.75 Å². The third kappa shape index (κ3) is 3.56. The molecule has 0 unspecified atom stereocenters. The normalized spacial score (nSPS) is 12.2. The van der Waals surface area contributed by atoms with E-state index in [1.54, 1.807) is 0 Å². The average molecular weight is 257 g/mol. The number of hydrogen-bond acceptors (Lipinski definition) is 3. The summed E-state index contributed by atoms with van der Waals surface area (Å²) < 4.78 is 5.74. The molecule has 0 saturated heterocycles. The van der Waals surface area contributed by atoms with E-state index < -0.39 is 0 Å². The Bertz CT molecular complexity index is 526. The summed E-state index contributed by atoms with van der Waals surface area (Å²) in [5, 5.41) is 9.08. The van der Waals surface area contributed by atoms with Gasteiger partial charge in [0, 0.05) is 0 Å². The number of nitrogens with two attached hydrogens (primary N) is 1. The summed E-state index contributed by atoms with van der Waals surface area (Å²) in [6, 6.07) is 15.5. The van der Waals surface area contributed by atoms with Crippen molar-refractivity contribution in [3.63, 3.8) is 0 Å². The standard InChI is InChI=1S/C16H19NO2/c1-12-9-14(7-8-15(12)16(17)10-18)19-11-13-5-3-2-4-6-13/h2-9,16,18H,10-11,17H2,1H3/t16-/m0/s1. The van der Waals surface area contributed by atoms with Gasteiger partial charge >= 0.3 is 0 Å². The molecule has 0 spiro atoms. The zero-order valence-electron chi connectivity index (χ0n) is 11.0.